The zero-order chi connectivity index (χ0) is 24.7. The van der Waals surface area contributed by atoms with Gasteiger partial charge in [-0.2, -0.15) is 0 Å². The quantitative estimate of drug-likeness (QED) is 0.435. The first-order chi connectivity index (χ1) is 17.7. The Morgan fingerprint density at radius 3 is 2.81 bits per heavy atom. The molecule has 0 amide bonds. The minimum Gasteiger partial charge on any atom is -0.498 e. The van der Waals surface area contributed by atoms with E-state index < -0.39 is 0 Å². The number of ether oxygens (including phenoxy) is 2. The van der Waals surface area contributed by atoms with Crippen LogP contribution in [-0.2, 0) is 4.74 Å². The predicted octanol–water partition coefficient (Wildman–Crippen LogP) is 6.80. The molecule has 0 radical (unpaired) electrons. The van der Waals surface area contributed by atoms with E-state index in [9.17, 15) is 0 Å². The number of nitrogens with zero attached hydrogens (tertiary/aromatic N) is 3. The number of hydrogen-bond donors (Lipinski definition) is 0. The molecule has 36 heavy (non-hydrogen) atoms. The van der Waals surface area contributed by atoms with Crippen LogP contribution in [0.1, 0.15) is 57.3 Å². The fourth-order valence-corrected chi connectivity index (χ4v) is 4.61. The summed E-state index contributed by atoms with van der Waals surface area (Å²) in [5.74, 6) is 3.64. The normalized spacial score (nSPS) is 20.1. The van der Waals surface area contributed by atoms with Gasteiger partial charge >= 0.3 is 0 Å². The summed E-state index contributed by atoms with van der Waals surface area (Å²) in [4.78, 5) is 14.0. The second-order valence-corrected chi connectivity index (χ2v) is 9.42. The molecule has 3 aliphatic heterocycles. The third-order valence-electron chi connectivity index (χ3n) is 6.60. The zero-order valence-corrected chi connectivity index (χ0v) is 21.1. The minimum atomic E-state index is 0.391. The van der Waals surface area contributed by atoms with Gasteiger partial charge in [0, 0.05) is 25.6 Å². The molecule has 0 fully saturated rings. The molecule has 5 rings (SSSR count). The van der Waals surface area contributed by atoms with Gasteiger partial charge in [0.05, 0.1) is 30.9 Å². The highest BCUT2D eigenvalue weighted by molar-refractivity contribution is 6.42. The average Bonchev–Trinajstić information content (AvgIpc) is 3.53. The summed E-state index contributed by atoms with van der Waals surface area (Å²) < 4.78 is 17.4. The van der Waals surface area contributed by atoms with Gasteiger partial charge in [0.25, 0.3) is 0 Å². The second-order valence-electron chi connectivity index (χ2n) is 9.42. The van der Waals surface area contributed by atoms with Crippen molar-refractivity contribution in [3.05, 3.63) is 83.2 Å². The maximum atomic E-state index is 6.21. The Morgan fingerprint density at radius 2 is 2.00 bits per heavy atom. The van der Waals surface area contributed by atoms with Crippen molar-refractivity contribution in [2.24, 2.45) is 20.9 Å². The molecule has 1 aromatic heterocycles. The number of amidine groups is 1. The van der Waals surface area contributed by atoms with Crippen LogP contribution in [0.15, 0.2) is 91.2 Å². The van der Waals surface area contributed by atoms with Crippen molar-refractivity contribution in [1.29, 1.82) is 0 Å². The minimum absolute atomic E-state index is 0.391. The molecule has 4 heterocycles. The van der Waals surface area contributed by atoms with Crippen LogP contribution >= 0.6 is 0 Å². The van der Waals surface area contributed by atoms with E-state index in [-0.39, 0.29) is 0 Å². The Labute approximate surface area is 212 Å². The lowest BCUT2D eigenvalue weighted by Gasteiger charge is -2.16. The van der Waals surface area contributed by atoms with Crippen LogP contribution in [0, 0.1) is 5.92 Å². The van der Waals surface area contributed by atoms with Crippen molar-refractivity contribution in [2.75, 3.05) is 19.8 Å². The zero-order valence-electron chi connectivity index (χ0n) is 21.1. The fourth-order valence-electron chi connectivity index (χ4n) is 4.61. The van der Waals surface area contributed by atoms with Gasteiger partial charge in [-0.1, -0.05) is 30.7 Å². The number of benzene rings is 1. The fraction of sp³-hybridized carbons (Fsp3) is 0.367. The van der Waals surface area contributed by atoms with E-state index in [1.165, 1.54) is 16.7 Å². The number of rotatable bonds is 7. The van der Waals surface area contributed by atoms with E-state index >= 15 is 0 Å². The molecule has 2 aromatic rings. The second kappa shape index (κ2) is 11.4. The smallest absolute Gasteiger partial charge is 0.196 e. The molecule has 6 heteroatoms. The first-order valence-corrected chi connectivity index (χ1v) is 12.9. The Balaban J connectivity index is 1.28. The van der Waals surface area contributed by atoms with Gasteiger partial charge in [-0.15, -0.1) is 0 Å². The Bertz CT molecular complexity index is 1240. The lowest BCUT2D eigenvalue weighted by molar-refractivity contribution is 0.196. The van der Waals surface area contributed by atoms with Crippen LogP contribution in [0.4, 0.5) is 0 Å². The van der Waals surface area contributed by atoms with Crippen LogP contribution < -0.4 is 4.74 Å². The number of allylic oxidation sites excluding steroid dienone is 5. The first-order valence-electron chi connectivity index (χ1n) is 12.9. The highest BCUT2D eigenvalue weighted by Crippen LogP contribution is 2.31. The number of aliphatic imine (C=N–C) groups is 3. The van der Waals surface area contributed by atoms with Gasteiger partial charge < -0.3 is 13.9 Å². The monoisotopic (exact) mass is 483 g/mol. The molecule has 1 unspecified atom stereocenters. The summed E-state index contributed by atoms with van der Waals surface area (Å²) in [6.07, 6.45) is 12.6. The standard InChI is InChI=1S/C30H33N3O3/c1-3-14-34-24-11-9-23(10-12-24)26-18-25(35-16-13-21(26)2)17-22-6-4-7-27-28(20-31-19-22)33-30(32-27)29-8-5-15-36-29/h5,7-12,15,18,20,22H,3-4,6,13-14,16-17,19H2,1-2H3. The van der Waals surface area contributed by atoms with E-state index in [0.717, 1.165) is 68.2 Å². The van der Waals surface area contributed by atoms with Crippen molar-refractivity contribution < 1.29 is 13.9 Å². The Hall–Kier alpha value is -3.67. The molecule has 0 bridgehead atoms. The molecule has 0 spiro atoms. The molecule has 186 valence electrons. The van der Waals surface area contributed by atoms with Gasteiger partial charge in [-0.3, -0.25) is 4.99 Å². The molecular formula is C30H33N3O3. The third kappa shape index (κ3) is 5.76. The van der Waals surface area contributed by atoms with Gasteiger partial charge in [0.1, 0.15) is 11.5 Å². The van der Waals surface area contributed by atoms with E-state index in [2.05, 4.69) is 60.2 Å². The number of fused-ring (bicyclic) bond motifs is 1. The summed E-state index contributed by atoms with van der Waals surface area (Å²) in [5.41, 5.74) is 5.48. The largest absolute Gasteiger partial charge is 0.498 e. The summed E-state index contributed by atoms with van der Waals surface area (Å²) in [7, 11) is 0. The number of furan rings is 1. The van der Waals surface area contributed by atoms with Crippen molar-refractivity contribution in [2.45, 2.75) is 46.0 Å². The summed E-state index contributed by atoms with van der Waals surface area (Å²) in [6, 6.07) is 12.1. The average molecular weight is 484 g/mol. The molecule has 1 atom stereocenters. The van der Waals surface area contributed by atoms with E-state index in [1.807, 2.05) is 18.3 Å². The summed E-state index contributed by atoms with van der Waals surface area (Å²) in [6.45, 7) is 6.50. The molecule has 6 nitrogen and oxygen atoms in total. The van der Waals surface area contributed by atoms with Crippen molar-refractivity contribution in [3.63, 3.8) is 0 Å². The highest BCUT2D eigenvalue weighted by Gasteiger charge is 2.21. The summed E-state index contributed by atoms with van der Waals surface area (Å²) >= 11 is 0. The predicted molar refractivity (Wildman–Crippen MR) is 145 cm³/mol. The Kier molecular flexibility index (Phi) is 7.60. The molecule has 0 saturated carbocycles. The topological polar surface area (TPSA) is 68.7 Å². The SMILES string of the molecule is CCCOc1ccc(C2=C(C)CCOC(CC3CCC=C4N=C(c5ccco5)N=C4C=NC3)=C2)cc1. The van der Waals surface area contributed by atoms with Crippen molar-refractivity contribution >= 4 is 23.3 Å². The lowest BCUT2D eigenvalue weighted by atomic mass is 9.95. The van der Waals surface area contributed by atoms with Gasteiger partial charge in [0.15, 0.2) is 11.6 Å². The van der Waals surface area contributed by atoms with Crippen molar-refractivity contribution in [3.8, 4) is 5.75 Å². The molecule has 0 N–H and O–H groups in total. The van der Waals surface area contributed by atoms with Crippen LogP contribution in [0.3, 0.4) is 0 Å². The molecule has 1 aromatic carbocycles. The van der Waals surface area contributed by atoms with Crippen LogP contribution in [-0.4, -0.2) is 37.5 Å². The van der Waals surface area contributed by atoms with Crippen LogP contribution in [0.2, 0.25) is 0 Å². The molecule has 0 saturated heterocycles. The summed E-state index contributed by atoms with van der Waals surface area (Å²) in [5, 5.41) is 0. The van der Waals surface area contributed by atoms with Gasteiger partial charge in [-0.05, 0) is 73.6 Å². The molecule has 0 aliphatic carbocycles. The van der Waals surface area contributed by atoms with Crippen LogP contribution in [0.5, 0.6) is 5.75 Å². The third-order valence-corrected chi connectivity index (χ3v) is 6.60. The van der Waals surface area contributed by atoms with E-state index in [1.54, 1.807) is 6.26 Å². The maximum Gasteiger partial charge on any atom is 0.196 e. The van der Waals surface area contributed by atoms with Gasteiger partial charge in [-0.25, -0.2) is 9.98 Å². The van der Waals surface area contributed by atoms with E-state index in [4.69, 9.17) is 18.9 Å². The Morgan fingerprint density at radius 1 is 1.11 bits per heavy atom. The molecular weight excluding hydrogens is 450 g/mol. The van der Waals surface area contributed by atoms with Crippen LogP contribution in [0.25, 0.3) is 5.57 Å². The highest BCUT2D eigenvalue weighted by atomic mass is 16.5. The van der Waals surface area contributed by atoms with Gasteiger partial charge in [0.2, 0.25) is 0 Å². The van der Waals surface area contributed by atoms with E-state index in [0.29, 0.717) is 24.1 Å². The lowest BCUT2D eigenvalue weighted by Crippen LogP contribution is -2.08. The molecule has 3 aliphatic rings. The maximum absolute atomic E-state index is 6.21. The van der Waals surface area contributed by atoms with Crippen molar-refractivity contribution in [1.82, 2.24) is 0 Å². The number of hydrogen-bond acceptors (Lipinski definition) is 6. The first kappa shape index (κ1) is 24.0.